The van der Waals surface area contributed by atoms with Crippen molar-refractivity contribution in [3.8, 4) is 0 Å². The summed E-state index contributed by atoms with van der Waals surface area (Å²) < 4.78 is 0. The summed E-state index contributed by atoms with van der Waals surface area (Å²) in [5.74, 6) is -1.26. The van der Waals surface area contributed by atoms with Gasteiger partial charge in [0.05, 0.1) is 11.2 Å². The first-order chi connectivity index (χ1) is 12.2. The maximum absolute atomic E-state index is 12.4. The fourth-order valence-electron chi connectivity index (χ4n) is 4.07. The molecule has 0 atom stereocenters. The lowest BCUT2D eigenvalue weighted by Crippen LogP contribution is -2.62. The van der Waals surface area contributed by atoms with Gasteiger partial charge in [-0.2, -0.15) is 0 Å². The molecule has 1 fully saturated rings. The highest BCUT2D eigenvalue weighted by Crippen LogP contribution is 2.28. The summed E-state index contributed by atoms with van der Waals surface area (Å²) in [6, 6.07) is 9.07. The lowest BCUT2D eigenvalue weighted by Gasteiger charge is -2.46. The van der Waals surface area contributed by atoms with Crippen LogP contribution in [0.4, 0.5) is 5.69 Å². The Morgan fingerprint density at radius 2 is 1.73 bits per heavy atom. The van der Waals surface area contributed by atoms with Crippen molar-refractivity contribution in [1.82, 2.24) is 15.6 Å². The summed E-state index contributed by atoms with van der Waals surface area (Å²) >= 11 is 0. The first kappa shape index (κ1) is 18.3. The molecule has 0 unspecified atom stereocenters. The number of hydrogen-bond donors (Lipinski definition) is 3. The van der Waals surface area contributed by atoms with Crippen LogP contribution in [0.3, 0.4) is 0 Å². The molecule has 0 spiro atoms. The van der Waals surface area contributed by atoms with Gasteiger partial charge in [0.25, 0.3) is 0 Å². The second-order valence-electron chi connectivity index (χ2n) is 8.30. The Kier molecular flexibility index (Phi) is 4.71. The molecule has 1 aliphatic rings. The Morgan fingerprint density at radius 1 is 1.04 bits per heavy atom. The van der Waals surface area contributed by atoms with Crippen molar-refractivity contribution in [3.63, 3.8) is 0 Å². The number of carbonyl (C=O) groups excluding carboxylic acids is 2. The predicted molar refractivity (Wildman–Crippen MR) is 103 cm³/mol. The van der Waals surface area contributed by atoms with Gasteiger partial charge in [-0.05, 0) is 64.8 Å². The van der Waals surface area contributed by atoms with E-state index in [0.29, 0.717) is 5.69 Å². The first-order valence-electron chi connectivity index (χ1n) is 8.90. The smallest absolute Gasteiger partial charge is 0.313 e. The molecule has 6 nitrogen and oxygen atoms in total. The number of fused-ring (bicyclic) bond motifs is 1. The molecule has 0 bridgehead atoms. The third-order valence-corrected chi connectivity index (χ3v) is 4.63. The maximum atomic E-state index is 12.4. The SMILES string of the molecule is CC1(C)CC(NC(=O)C(=O)Nc2cccc3ncccc23)CC(C)(C)N1. The van der Waals surface area contributed by atoms with E-state index in [1.165, 1.54) is 0 Å². The molecule has 1 aromatic carbocycles. The zero-order valence-corrected chi connectivity index (χ0v) is 15.7. The number of pyridine rings is 1. The molecule has 26 heavy (non-hydrogen) atoms. The fourth-order valence-corrected chi connectivity index (χ4v) is 4.07. The van der Waals surface area contributed by atoms with Gasteiger partial charge in [-0.25, -0.2) is 0 Å². The molecular formula is C20H26N4O2. The van der Waals surface area contributed by atoms with Crippen molar-refractivity contribution >= 4 is 28.4 Å². The first-order valence-corrected chi connectivity index (χ1v) is 8.90. The third-order valence-electron chi connectivity index (χ3n) is 4.63. The molecule has 138 valence electrons. The lowest BCUT2D eigenvalue weighted by atomic mass is 9.79. The van der Waals surface area contributed by atoms with Gasteiger partial charge in [0.2, 0.25) is 0 Å². The number of benzene rings is 1. The molecule has 0 aliphatic carbocycles. The van der Waals surface area contributed by atoms with Crippen LogP contribution < -0.4 is 16.0 Å². The molecule has 3 rings (SSSR count). The van der Waals surface area contributed by atoms with E-state index in [4.69, 9.17) is 0 Å². The number of carbonyl (C=O) groups is 2. The molecule has 6 heteroatoms. The average molecular weight is 354 g/mol. The second-order valence-corrected chi connectivity index (χ2v) is 8.30. The van der Waals surface area contributed by atoms with Gasteiger partial charge in [0, 0.05) is 28.7 Å². The minimum absolute atomic E-state index is 0.0475. The van der Waals surface area contributed by atoms with Crippen LogP contribution in [0.25, 0.3) is 10.9 Å². The Morgan fingerprint density at radius 3 is 2.42 bits per heavy atom. The van der Waals surface area contributed by atoms with Gasteiger partial charge < -0.3 is 16.0 Å². The molecular weight excluding hydrogens is 328 g/mol. The van der Waals surface area contributed by atoms with E-state index in [0.717, 1.165) is 23.7 Å². The summed E-state index contributed by atoms with van der Waals surface area (Å²) in [4.78, 5) is 29.1. The van der Waals surface area contributed by atoms with E-state index in [-0.39, 0.29) is 17.1 Å². The van der Waals surface area contributed by atoms with E-state index in [1.54, 1.807) is 24.4 Å². The van der Waals surface area contributed by atoms with Gasteiger partial charge in [0.1, 0.15) is 0 Å². The van der Waals surface area contributed by atoms with Crippen molar-refractivity contribution < 1.29 is 9.59 Å². The molecule has 2 amide bonds. The number of rotatable bonds is 2. The van der Waals surface area contributed by atoms with Crippen LogP contribution in [0.15, 0.2) is 36.5 Å². The number of piperidine rings is 1. The van der Waals surface area contributed by atoms with E-state index in [9.17, 15) is 9.59 Å². The van der Waals surface area contributed by atoms with E-state index < -0.39 is 11.8 Å². The Balaban J connectivity index is 1.69. The van der Waals surface area contributed by atoms with Crippen molar-refractivity contribution in [1.29, 1.82) is 0 Å². The Hall–Kier alpha value is -2.47. The van der Waals surface area contributed by atoms with Crippen LogP contribution in [0.2, 0.25) is 0 Å². The van der Waals surface area contributed by atoms with Crippen molar-refractivity contribution in [2.75, 3.05) is 5.32 Å². The Labute approximate surface area is 153 Å². The Bertz CT molecular complexity index is 823. The summed E-state index contributed by atoms with van der Waals surface area (Å²) in [6.45, 7) is 8.43. The van der Waals surface area contributed by atoms with Crippen LogP contribution in [-0.2, 0) is 9.59 Å². The highest BCUT2D eigenvalue weighted by Gasteiger charge is 2.38. The van der Waals surface area contributed by atoms with Crippen molar-refractivity contribution in [2.24, 2.45) is 0 Å². The monoisotopic (exact) mass is 354 g/mol. The summed E-state index contributed by atoms with van der Waals surface area (Å²) in [6.07, 6.45) is 3.24. The van der Waals surface area contributed by atoms with Gasteiger partial charge in [0.15, 0.2) is 0 Å². The molecule has 1 aromatic heterocycles. The molecule has 2 aromatic rings. The molecule has 0 saturated carbocycles. The van der Waals surface area contributed by atoms with E-state index >= 15 is 0 Å². The number of nitrogens with one attached hydrogen (secondary N) is 3. The van der Waals surface area contributed by atoms with Crippen molar-refractivity contribution in [3.05, 3.63) is 36.5 Å². The van der Waals surface area contributed by atoms with E-state index in [2.05, 4.69) is 48.6 Å². The molecule has 3 N–H and O–H groups in total. The molecule has 2 heterocycles. The predicted octanol–water partition coefficient (Wildman–Crippen LogP) is 2.60. The third kappa shape index (κ3) is 4.19. The minimum atomic E-state index is -0.657. The zero-order valence-electron chi connectivity index (χ0n) is 15.7. The van der Waals surface area contributed by atoms with Crippen LogP contribution in [0.5, 0.6) is 0 Å². The van der Waals surface area contributed by atoms with Gasteiger partial charge >= 0.3 is 11.8 Å². The number of amides is 2. The molecule has 1 aliphatic heterocycles. The topological polar surface area (TPSA) is 83.1 Å². The largest absolute Gasteiger partial charge is 0.345 e. The zero-order chi connectivity index (χ0) is 18.9. The van der Waals surface area contributed by atoms with Crippen molar-refractivity contribution in [2.45, 2.75) is 57.7 Å². The minimum Gasteiger partial charge on any atom is -0.345 e. The second kappa shape index (κ2) is 6.68. The number of anilines is 1. The normalized spacial score (nSPS) is 19.1. The number of hydrogen-bond acceptors (Lipinski definition) is 4. The van der Waals surface area contributed by atoms with Crippen LogP contribution in [0, 0.1) is 0 Å². The van der Waals surface area contributed by atoms with Crippen LogP contribution in [0.1, 0.15) is 40.5 Å². The van der Waals surface area contributed by atoms with E-state index in [1.807, 2.05) is 12.1 Å². The summed E-state index contributed by atoms with van der Waals surface area (Å²) in [5, 5.41) is 9.97. The van der Waals surface area contributed by atoms with Crippen LogP contribution >= 0.6 is 0 Å². The van der Waals surface area contributed by atoms with Crippen LogP contribution in [-0.4, -0.2) is 33.9 Å². The number of nitrogens with zero attached hydrogens (tertiary/aromatic N) is 1. The molecule has 1 saturated heterocycles. The quantitative estimate of drug-likeness (QED) is 0.724. The summed E-state index contributed by atoms with van der Waals surface area (Å²) in [7, 11) is 0. The number of aromatic nitrogens is 1. The van der Waals surface area contributed by atoms with Gasteiger partial charge in [-0.3, -0.25) is 14.6 Å². The average Bonchev–Trinajstić information content (AvgIpc) is 2.52. The highest BCUT2D eigenvalue weighted by atomic mass is 16.2. The standard InChI is InChI=1S/C20H26N4O2/c1-19(2)11-13(12-20(3,4)24-19)22-17(25)18(26)23-16-9-5-8-15-14(16)7-6-10-21-15/h5-10,13,24H,11-12H2,1-4H3,(H,22,25)(H,23,26). The van der Waals surface area contributed by atoms with Gasteiger partial charge in [-0.15, -0.1) is 0 Å². The van der Waals surface area contributed by atoms with Gasteiger partial charge in [-0.1, -0.05) is 6.07 Å². The summed E-state index contributed by atoms with van der Waals surface area (Å²) in [5.41, 5.74) is 1.16. The maximum Gasteiger partial charge on any atom is 0.313 e. The highest BCUT2D eigenvalue weighted by molar-refractivity contribution is 6.40. The fraction of sp³-hybridized carbons (Fsp3) is 0.450. The lowest BCUT2D eigenvalue weighted by molar-refractivity contribution is -0.137. The molecule has 0 radical (unpaired) electrons.